The minimum atomic E-state index is -4.51. The second-order valence-electron chi connectivity index (χ2n) is 4.90. The van der Waals surface area contributed by atoms with Gasteiger partial charge in [-0.05, 0) is 18.9 Å². The molecule has 5 nitrogen and oxygen atoms in total. The molecule has 0 radical (unpaired) electrons. The normalized spacial score (nSPS) is 17.0. The minimum Gasteiger partial charge on any atom is -0.341 e. The smallest absolute Gasteiger partial charge is 0.341 e. The summed E-state index contributed by atoms with van der Waals surface area (Å²) in [5.74, 6) is -0.146. The van der Waals surface area contributed by atoms with Crippen LogP contribution in [0.2, 0.25) is 0 Å². The van der Waals surface area contributed by atoms with Crippen LogP contribution >= 0.6 is 0 Å². The van der Waals surface area contributed by atoms with Gasteiger partial charge in [-0.25, -0.2) is 9.97 Å². The number of hydrogen-bond donors (Lipinski definition) is 0. The van der Waals surface area contributed by atoms with Gasteiger partial charge < -0.3 is 9.80 Å². The number of carbonyl (C=O) groups is 1. The molecule has 2 rings (SSSR count). The molecule has 8 heteroatoms. The van der Waals surface area contributed by atoms with Crippen molar-refractivity contribution in [1.29, 1.82) is 0 Å². The fourth-order valence-electron chi connectivity index (χ4n) is 2.26. The average Bonchev–Trinajstić information content (AvgIpc) is 2.61. The third kappa shape index (κ3) is 3.83. The van der Waals surface area contributed by atoms with E-state index in [2.05, 4.69) is 9.97 Å². The fourth-order valence-corrected chi connectivity index (χ4v) is 2.26. The second-order valence-corrected chi connectivity index (χ2v) is 4.90. The Morgan fingerprint density at radius 3 is 2.76 bits per heavy atom. The maximum Gasteiger partial charge on any atom is 0.433 e. The van der Waals surface area contributed by atoms with Crippen molar-refractivity contribution in [3.63, 3.8) is 0 Å². The molecule has 0 unspecified atom stereocenters. The van der Waals surface area contributed by atoms with Crippen LogP contribution in [0.3, 0.4) is 0 Å². The number of alkyl halides is 3. The lowest BCUT2D eigenvalue weighted by Crippen LogP contribution is -2.37. The maximum absolute atomic E-state index is 12.7. The summed E-state index contributed by atoms with van der Waals surface area (Å²) in [6, 6.07) is 0.826. The van der Waals surface area contributed by atoms with Crippen LogP contribution in [-0.4, -0.2) is 47.0 Å². The average molecular weight is 302 g/mol. The summed E-state index contributed by atoms with van der Waals surface area (Å²) in [5, 5.41) is 0. The standard InChI is InChI=1S/C13H17F3N4O/c1-2-6-19-7-3-8-20(9-11(19)21)12-17-5-4-10(18-12)13(14,15)16/h4-5H,2-3,6-9H2,1H3. The molecular formula is C13H17F3N4O. The molecule has 0 atom stereocenters. The molecule has 0 bridgehead atoms. The number of hydrogen-bond acceptors (Lipinski definition) is 4. The Kier molecular flexibility index (Phi) is 4.64. The van der Waals surface area contributed by atoms with E-state index in [0.29, 0.717) is 26.1 Å². The molecule has 1 aromatic rings. The maximum atomic E-state index is 12.7. The number of anilines is 1. The Morgan fingerprint density at radius 2 is 2.10 bits per heavy atom. The zero-order valence-corrected chi connectivity index (χ0v) is 11.7. The van der Waals surface area contributed by atoms with Crippen molar-refractivity contribution >= 4 is 11.9 Å². The number of aromatic nitrogens is 2. The molecule has 21 heavy (non-hydrogen) atoms. The highest BCUT2D eigenvalue weighted by Gasteiger charge is 2.33. The van der Waals surface area contributed by atoms with Crippen molar-refractivity contribution < 1.29 is 18.0 Å². The molecule has 0 spiro atoms. The molecule has 0 N–H and O–H groups in total. The van der Waals surface area contributed by atoms with Gasteiger partial charge in [-0.15, -0.1) is 0 Å². The summed E-state index contributed by atoms with van der Waals surface area (Å²) in [4.78, 5) is 22.7. The van der Waals surface area contributed by atoms with Gasteiger partial charge in [-0.3, -0.25) is 4.79 Å². The van der Waals surface area contributed by atoms with E-state index in [9.17, 15) is 18.0 Å². The van der Waals surface area contributed by atoms with Crippen molar-refractivity contribution in [1.82, 2.24) is 14.9 Å². The topological polar surface area (TPSA) is 49.3 Å². The lowest BCUT2D eigenvalue weighted by molar-refractivity contribution is -0.141. The van der Waals surface area contributed by atoms with Gasteiger partial charge in [0.1, 0.15) is 5.69 Å². The SMILES string of the molecule is CCCN1CCCN(c2nccc(C(F)(F)F)n2)CC1=O. The minimum absolute atomic E-state index is 0.0152. The molecule has 0 aromatic carbocycles. The van der Waals surface area contributed by atoms with Crippen molar-refractivity contribution in [2.45, 2.75) is 25.9 Å². The second kappa shape index (κ2) is 6.28. The quantitative estimate of drug-likeness (QED) is 0.856. The van der Waals surface area contributed by atoms with Gasteiger partial charge in [0.2, 0.25) is 11.9 Å². The largest absolute Gasteiger partial charge is 0.433 e. The molecule has 116 valence electrons. The van der Waals surface area contributed by atoms with E-state index in [-0.39, 0.29) is 18.4 Å². The highest BCUT2D eigenvalue weighted by atomic mass is 19.4. The number of carbonyl (C=O) groups excluding carboxylic acids is 1. The Balaban J connectivity index is 2.17. The fraction of sp³-hybridized carbons (Fsp3) is 0.615. The van der Waals surface area contributed by atoms with E-state index in [0.717, 1.165) is 18.7 Å². The monoisotopic (exact) mass is 302 g/mol. The van der Waals surface area contributed by atoms with Gasteiger partial charge >= 0.3 is 6.18 Å². The van der Waals surface area contributed by atoms with Crippen molar-refractivity contribution in [3.8, 4) is 0 Å². The molecule has 2 heterocycles. The van der Waals surface area contributed by atoms with Gasteiger partial charge in [0, 0.05) is 25.8 Å². The van der Waals surface area contributed by atoms with E-state index >= 15 is 0 Å². The first-order chi connectivity index (χ1) is 9.91. The predicted octanol–water partition coefficient (Wildman–Crippen LogP) is 1.94. The number of amides is 1. The van der Waals surface area contributed by atoms with Crippen molar-refractivity contribution in [3.05, 3.63) is 18.0 Å². The lowest BCUT2D eigenvalue weighted by Gasteiger charge is -2.21. The predicted molar refractivity (Wildman–Crippen MR) is 70.7 cm³/mol. The third-order valence-corrected chi connectivity index (χ3v) is 3.24. The summed E-state index contributed by atoms with van der Waals surface area (Å²) in [6.07, 6.45) is -1.90. The van der Waals surface area contributed by atoms with Gasteiger partial charge in [0.15, 0.2) is 0 Å². The van der Waals surface area contributed by atoms with Gasteiger partial charge in [-0.1, -0.05) is 6.92 Å². The Bertz CT molecular complexity index is 506. The zero-order chi connectivity index (χ0) is 15.5. The lowest BCUT2D eigenvalue weighted by atomic mass is 10.3. The molecule has 0 saturated carbocycles. The molecule has 1 fully saturated rings. The Labute approximate surface area is 120 Å². The van der Waals surface area contributed by atoms with E-state index in [1.807, 2.05) is 6.92 Å². The van der Waals surface area contributed by atoms with Crippen LogP contribution in [0.15, 0.2) is 12.3 Å². The molecule has 1 aliphatic heterocycles. The first-order valence-corrected chi connectivity index (χ1v) is 6.84. The first kappa shape index (κ1) is 15.5. The van der Waals surface area contributed by atoms with Gasteiger partial charge in [0.05, 0.1) is 6.54 Å². The Hall–Kier alpha value is -1.86. The van der Waals surface area contributed by atoms with Crippen LogP contribution in [0.25, 0.3) is 0 Å². The van der Waals surface area contributed by atoms with Crippen molar-refractivity contribution in [2.75, 3.05) is 31.1 Å². The molecule has 1 aliphatic rings. The summed E-state index contributed by atoms with van der Waals surface area (Å²) in [7, 11) is 0. The highest BCUT2D eigenvalue weighted by Crippen LogP contribution is 2.28. The number of halogens is 3. The van der Waals surface area contributed by atoms with Gasteiger partial charge in [0.25, 0.3) is 0 Å². The number of nitrogens with zero attached hydrogens (tertiary/aromatic N) is 4. The first-order valence-electron chi connectivity index (χ1n) is 6.84. The van der Waals surface area contributed by atoms with E-state index in [4.69, 9.17) is 0 Å². The molecular weight excluding hydrogens is 285 g/mol. The molecule has 1 saturated heterocycles. The van der Waals surface area contributed by atoms with E-state index < -0.39 is 11.9 Å². The van der Waals surface area contributed by atoms with E-state index in [1.54, 1.807) is 4.90 Å². The third-order valence-electron chi connectivity index (χ3n) is 3.24. The van der Waals surface area contributed by atoms with Crippen LogP contribution in [0.1, 0.15) is 25.5 Å². The summed E-state index contributed by atoms with van der Waals surface area (Å²) in [5.41, 5.74) is -0.991. The molecule has 1 amide bonds. The van der Waals surface area contributed by atoms with Crippen LogP contribution in [-0.2, 0) is 11.0 Å². The molecule has 1 aromatic heterocycles. The summed E-state index contributed by atoms with van der Waals surface area (Å²) >= 11 is 0. The summed E-state index contributed by atoms with van der Waals surface area (Å²) in [6.45, 7) is 3.73. The highest BCUT2D eigenvalue weighted by molar-refractivity contribution is 5.81. The van der Waals surface area contributed by atoms with Crippen LogP contribution in [0.5, 0.6) is 0 Å². The van der Waals surface area contributed by atoms with Gasteiger partial charge in [-0.2, -0.15) is 13.2 Å². The number of rotatable bonds is 3. The van der Waals surface area contributed by atoms with Crippen molar-refractivity contribution in [2.24, 2.45) is 0 Å². The van der Waals surface area contributed by atoms with E-state index in [1.165, 1.54) is 4.90 Å². The van der Waals surface area contributed by atoms with Crippen LogP contribution in [0, 0.1) is 0 Å². The Morgan fingerprint density at radius 1 is 1.33 bits per heavy atom. The molecule has 0 aliphatic carbocycles. The van der Waals surface area contributed by atoms with Crippen LogP contribution in [0.4, 0.5) is 19.1 Å². The van der Waals surface area contributed by atoms with Crippen LogP contribution < -0.4 is 4.90 Å². The zero-order valence-electron chi connectivity index (χ0n) is 11.7. The summed E-state index contributed by atoms with van der Waals surface area (Å²) < 4.78 is 38.0.